The lowest BCUT2D eigenvalue weighted by molar-refractivity contribution is 0.102. The minimum Gasteiger partial charge on any atom is -0.322 e. The molecule has 0 saturated carbocycles. The summed E-state index contributed by atoms with van der Waals surface area (Å²) in [6.07, 6.45) is 0. The Kier molecular flexibility index (Phi) is 5.99. The fourth-order valence-electron chi connectivity index (χ4n) is 2.92. The molecular formula is C24H26N2O3S. The van der Waals surface area contributed by atoms with Gasteiger partial charge in [-0.15, -0.1) is 0 Å². The van der Waals surface area contributed by atoms with Gasteiger partial charge in [0.2, 0.25) is 0 Å². The lowest BCUT2D eigenvalue weighted by Gasteiger charge is -2.19. The third-order valence-corrected chi connectivity index (χ3v) is 6.11. The fourth-order valence-corrected chi connectivity index (χ4v) is 3.97. The van der Waals surface area contributed by atoms with Crippen molar-refractivity contribution < 1.29 is 13.2 Å². The van der Waals surface area contributed by atoms with Gasteiger partial charge in [0.05, 0.1) is 10.6 Å². The van der Waals surface area contributed by atoms with Gasteiger partial charge >= 0.3 is 0 Å². The SMILES string of the molecule is Cc1ccc(S(=O)(=O)Nc2cccc(NC(=O)c3ccc(C(C)(C)C)cc3)c2)cc1. The minimum absolute atomic E-state index is 0.0119. The first-order valence-corrected chi connectivity index (χ1v) is 11.1. The van der Waals surface area contributed by atoms with Crippen molar-refractivity contribution in [3.8, 4) is 0 Å². The molecular weight excluding hydrogens is 396 g/mol. The number of hydrogen-bond donors (Lipinski definition) is 2. The molecule has 30 heavy (non-hydrogen) atoms. The average Bonchev–Trinajstić information content (AvgIpc) is 2.67. The van der Waals surface area contributed by atoms with Crippen LogP contribution >= 0.6 is 0 Å². The Morgan fingerprint density at radius 1 is 0.833 bits per heavy atom. The molecule has 0 radical (unpaired) electrons. The lowest BCUT2D eigenvalue weighted by Crippen LogP contribution is -2.15. The highest BCUT2D eigenvalue weighted by Gasteiger charge is 2.16. The number of rotatable bonds is 5. The van der Waals surface area contributed by atoms with E-state index in [2.05, 4.69) is 30.8 Å². The second-order valence-electron chi connectivity index (χ2n) is 8.28. The number of amides is 1. The molecule has 0 fully saturated rings. The molecule has 0 aliphatic rings. The van der Waals surface area contributed by atoms with Crippen LogP contribution in [0.25, 0.3) is 0 Å². The summed E-state index contributed by atoms with van der Waals surface area (Å²) >= 11 is 0. The summed E-state index contributed by atoms with van der Waals surface area (Å²) in [6, 6.07) is 20.7. The molecule has 3 aromatic carbocycles. The van der Waals surface area contributed by atoms with Gasteiger partial charge < -0.3 is 5.32 Å². The molecule has 0 spiro atoms. The van der Waals surface area contributed by atoms with E-state index in [4.69, 9.17) is 0 Å². The molecule has 2 N–H and O–H groups in total. The van der Waals surface area contributed by atoms with Gasteiger partial charge in [-0.05, 0) is 60.4 Å². The third-order valence-electron chi connectivity index (χ3n) is 4.72. The van der Waals surface area contributed by atoms with Crippen LogP contribution < -0.4 is 10.0 Å². The van der Waals surface area contributed by atoms with E-state index in [1.165, 1.54) is 0 Å². The molecule has 5 nitrogen and oxygen atoms in total. The van der Waals surface area contributed by atoms with E-state index in [-0.39, 0.29) is 16.2 Å². The van der Waals surface area contributed by atoms with Gasteiger partial charge in [-0.25, -0.2) is 8.42 Å². The van der Waals surface area contributed by atoms with Gasteiger partial charge in [0, 0.05) is 11.3 Å². The summed E-state index contributed by atoms with van der Waals surface area (Å²) < 4.78 is 27.7. The zero-order valence-corrected chi connectivity index (χ0v) is 18.4. The highest BCUT2D eigenvalue weighted by atomic mass is 32.2. The number of nitrogens with one attached hydrogen (secondary N) is 2. The van der Waals surface area contributed by atoms with Crippen LogP contribution in [0.15, 0.2) is 77.7 Å². The van der Waals surface area contributed by atoms with E-state index in [0.29, 0.717) is 16.9 Å². The van der Waals surface area contributed by atoms with Gasteiger partial charge in [-0.1, -0.05) is 56.7 Å². The van der Waals surface area contributed by atoms with Crippen LogP contribution in [0.3, 0.4) is 0 Å². The van der Waals surface area contributed by atoms with E-state index >= 15 is 0 Å². The monoisotopic (exact) mass is 422 g/mol. The normalized spacial score (nSPS) is 11.7. The smallest absolute Gasteiger partial charge is 0.261 e. The number of aryl methyl sites for hydroxylation is 1. The summed E-state index contributed by atoms with van der Waals surface area (Å²) in [4.78, 5) is 12.8. The third kappa shape index (κ3) is 5.27. The van der Waals surface area contributed by atoms with Gasteiger partial charge in [-0.3, -0.25) is 9.52 Å². The predicted molar refractivity (Wildman–Crippen MR) is 122 cm³/mol. The molecule has 0 saturated heterocycles. The fraction of sp³-hybridized carbons (Fsp3) is 0.208. The molecule has 0 aromatic heterocycles. The standard InChI is InChI=1S/C24H26N2O3S/c1-17-8-14-22(15-9-17)30(28,29)26-21-7-5-6-20(16-21)25-23(27)18-10-12-19(13-11-18)24(2,3)4/h5-16,26H,1-4H3,(H,25,27). The molecule has 0 aliphatic carbocycles. The van der Waals surface area contributed by atoms with Crippen molar-refractivity contribution in [1.29, 1.82) is 0 Å². The molecule has 156 valence electrons. The predicted octanol–water partition coefficient (Wildman–Crippen LogP) is 5.35. The van der Waals surface area contributed by atoms with Crippen LogP contribution in [-0.2, 0) is 15.4 Å². The van der Waals surface area contributed by atoms with Crippen LogP contribution in [0.5, 0.6) is 0 Å². The number of hydrogen-bond acceptors (Lipinski definition) is 3. The first-order chi connectivity index (χ1) is 14.0. The topological polar surface area (TPSA) is 75.3 Å². The first kappa shape index (κ1) is 21.6. The van der Waals surface area contributed by atoms with Crippen molar-refractivity contribution in [2.24, 2.45) is 0 Å². The van der Waals surface area contributed by atoms with E-state index in [1.807, 2.05) is 19.1 Å². The van der Waals surface area contributed by atoms with Crippen LogP contribution in [0.4, 0.5) is 11.4 Å². The van der Waals surface area contributed by atoms with Crippen LogP contribution in [-0.4, -0.2) is 14.3 Å². The first-order valence-electron chi connectivity index (χ1n) is 9.66. The van der Waals surface area contributed by atoms with Crippen molar-refractivity contribution in [3.05, 3.63) is 89.5 Å². The molecule has 3 rings (SSSR count). The van der Waals surface area contributed by atoms with Crippen LogP contribution in [0.1, 0.15) is 42.3 Å². The number of sulfonamides is 1. The van der Waals surface area contributed by atoms with Gasteiger partial charge in [0.1, 0.15) is 0 Å². The summed E-state index contributed by atoms with van der Waals surface area (Å²) in [5.74, 6) is -0.256. The molecule has 3 aromatic rings. The van der Waals surface area contributed by atoms with Gasteiger partial charge in [0.15, 0.2) is 0 Å². The van der Waals surface area contributed by atoms with Crippen LogP contribution in [0, 0.1) is 6.92 Å². The second kappa shape index (κ2) is 8.32. The molecule has 0 bridgehead atoms. The van der Waals surface area contributed by atoms with E-state index < -0.39 is 10.0 Å². The lowest BCUT2D eigenvalue weighted by atomic mass is 9.87. The van der Waals surface area contributed by atoms with E-state index in [1.54, 1.807) is 60.7 Å². The minimum atomic E-state index is -3.71. The molecule has 0 unspecified atom stereocenters. The van der Waals surface area contributed by atoms with Crippen molar-refractivity contribution >= 4 is 27.3 Å². The Balaban J connectivity index is 1.74. The Morgan fingerprint density at radius 2 is 1.43 bits per heavy atom. The maximum absolute atomic E-state index is 12.6. The van der Waals surface area contributed by atoms with E-state index in [9.17, 15) is 13.2 Å². The maximum atomic E-state index is 12.6. The highest BCUT2D eigenvalue weighted by molar-refractivity contribution is 7.92. The molecule has 0 atom stereocenters. The molecule has 1 amide bonds. The number of carbonyl (C=O) groups is 1. The summed E-state index contributed by atoms with van der Waals surface area (Å²) in [5.41, 5.74) is 3.55. The van der Waals surface area contributed by atoms with Gasteiger partial charge in [0.25, 0.3) is 15.9 Å². The zero-order chi connectivity index (χ0) is 21.9. The average molecular weight is 423 g/mol. The molecule has 0 aliphatic heterocycles. The Morgan fingerprint density at radius 3 is 2.03 bits per heavy atom. The second-order valence-corrected chi connectivity index (χ2v) is 9.96. The largest absolute Gasteiger partial charge is 0.322 e. The van der Waals surface area contributed by atoms with Crippen molar-refractivity contribution in [3.63, 3.8) is 0 Å². The Hall–Kier alpha value is -3.12. The quantitative estimate of drug-likeness (QED) is 0.582. The van der Waals surface area contributed by atoms with Crippen molar-refractivity contribution in [2.45, 2.75) is 38.0 Å². The summed E-state index contributed by atoms with van der Waals surface area (Å²) in [6.45, 7) is 8.24. The number of anilines is 2. The van der Waals surface area contributed by atoms with Gasteiger partial charge in [-0.2, -0.15) is 0 Å². The zero-order valence-electron chi connectivity index (χ0n) is 17.6. The van der Waals surface area contributed by atoms with Crippen LogP contribution in [0.2, 0.25) is 0 Å². The molecule has 0 heterocycles. The summed E-state index contributed by atoms with van der Waals surface area (Å²) in [5, 5.41) is 2.82. The Bertz CT molecular complexity index is 1140. The number of carbonyl (C=O) groups excluding carboxylic acids is 1. The maximum Gasteiger partial charge on any atom is 0.261 e. The highest BCUT2D eigenvalue weighted by Crippen LogP contribution is 2.23. The Labute approximate surface area is 178 Å². The van der Waals surface area contributed by atoms with Crippen molar-refractivity contribution in [1.82, 2.24) is 0 Å². The summed E-state index contributed by atoms with van der Waals surface area (Å²) in [7, 11) is -3.71. The van der Waals surface area contributed by atoms with Crippen molar-refractivity contribution in [2.75, 3.05) is 10.0 Å². The molecule has 6 heteroatoms. The van der Waals surface area contributed by atoms with E-state index in [0.717, 1.165) is 11.1 Å². The number of benzene rings is 3.